The average Bonchev–Trinajstić information content (AvgIpc) is 2.51. The van der Waals surface area contributed by atoms with E-state index in [9.17, 15) is 5.11 Å². The van der Waals surface area contributed by atoms with Gasteiger partial charge in [0.2, 0.25) is 0 Å². The van der Waals surface area contributed by atoms with Gasteiger partial charge in [-0.1, -0.05) is 71.7 Å². The molecule has 1 N–H and O–H groups in total. The van der Waals surface area contributed by atoms with Gasteiger partial charge >= 0.3 is 0 Å². The highest BCUT2D eigenvalue weighted by atomic mass is 16.3. The van der Waals surface area contributed by atoms with Gasteiger partial charge in [-0.25, -0.2) is 0 Å². The first-order chi connectivity index (χ1) is 10.0. The monoisotopic (exact) mass is 291 g/mol. The van der Waals surface area contributed by atoms with Gasteiger partial charge < -0.3 is 5.11 Å². The molecule has 0 fully saturated rings. The molecule has 0 aliphatic rings. The van der Waals surface area contributed by atoms with E-state index < -0.39 is 6.10 Å². The normalized spacial score (nSPS) is 14.7. The first-order valence-corrected chi connectivity index (χ1v) is 8.57. The Kier molecular flexibility index (Phi) is 7.98. The third kappa shape index (κ3) is 5.12. The lowest BCUT2D eigenvalue weighted by molar-refractivity contribution is 0.0473. The summed E-state index contributed by atoms with van der Waals surface area (Å²) in [6.07, 6.45) is 3.02. The third-order valence-electron chi connectivity index (χ3n) is 4.44. The Morgan fingerprint density at radius 2 is 1.48 bits per heavy atom. The zero-order valence-corrected chi connectivity index (χ0v) is 14.5. The van der Waals surface area contributed by atoms with Gasteiger partial charge in [0.1, 0.15) is 0 Å². The minimum absolute atomic E-state index is 0.227. The number of aliphatic hydroxyl groups excluding tert-OH is 1. The predicted octanol–water partition coefficient (Wildman–Crippen LogP) is 4.74. The first kappa shape index (κ1) is 18.2. The molecular weight excluding hydrogens is 258 g/mol. The molecule has 21 heavy (non-hydrogen) atoms. The highest BCUT2D eigenvalue weighted by Crippen LogP contribution is 2.26. The van der Waals surface area contributed by atoms with E-state index in [0.717, 1.165) is 25.1 Å². The van der Waals surface area contributed by atoms with Gasteiger partial charge in [-0.15, -0.1) is 0 Å². The Balaban J connectivity index is 2.89. The summed E-state index contributed by atoms with van der Waals surface area (Å²) >= 11 is 0. The highest BCUT2D eigenvalue weighted by Gasteiger charge is 2.25. The second-order valence-electron chi connectivity index (χ2n) is 6.20. The van der Waals surface area contributed by atoms with Crippen molar-refractivity contribution in [2.45, 2.75) is 71.9 Å². The summed E-state index contributed by atoms with van der Waals surface area (Å²) in [6, 6.07) is 8.74. The van der Waals surface area contributed by atoms with Crippen molar-refractivity contribution in [3.63, 3.8) is 0 Å². The van der Waals surface area contributed by atoms with Crippen molar-refractivity contribution in [3.8, 4) is 0 Å². The zero-order chi connectivity index (χ0) is 15.8. The van der Waals surface area contributed by atoms with Crippen LogP contribution in [0.3, 0.4) is 0 Å². The van der Waals surface area contributed by atoms with Gasteiger partial charge in [0.05, 0.1) is 6.10 Å². The lowest BCUT2D eigenvalue weighted by Gasteiger charge is -2.33. The molecule has 120 valence electrons. The lowest BCUT2D eigenvalue weighted by atomic mass is 9.94. The minimum atomic E-state index is -0.391. The van der Waals surface area contributed by atoms with Crippen molar-refractivity contribution < 1.29 is 5.11 Å². The Bertz CT molecular complexity index is 381. The van der Waals surface area contributed by atoms with Crippen LogP contribution < -0.4 is 0 Å². The van der Waals surface area contributed by atoms with Gasteiger partial charge in [0.15, 0.2) is 0 Å². The number of rotatable bonds is 9. The topological polar surface area (TPSA) is 23.5 Å². The molecule has 2 heteroatoms. The number of unbranched alkanes of at least 4 members (excludes halogenated alkanes) is 1. The summed E-state index contributed by atoms with van der Waals surface area (Å²) in [5.41, 5.74) is 2.38. The molecule has 2 atom stereocenters. The summed E-state index contributed by atoms with van der Waals surface area (Å²) in [6.45, 7) is 13.0. The maximum absolute atomic E-state index is 10.8. The fraction of sp³-hybridized carbons (Fsp3) is 0.684. The maximum Gasteiger partial charge on any atom is 0.0945 e. The smallest absolute Gasteiger partial charge is 0.0945 e. The second kappa shape index (κ2) is 9.22. The van der Waals surface area contributed by atoms with Crippen LogP contribution in [0.15, 0.2) is 24.3 Å². The molecule has 0 saturated carbocycles. The van der Waals surface area contributed by atoms with Crippen LogP contribution >= 0.6 is 0 Å². The average molecular weight is 291 g/mol. The number of likely N-dealkylation sites (N-methyl/N-ethyl adjacent to an activating group) is 1. The molecule has 0 bridgehead atoms. The van der Waals surface area contributed by atoms with Crippen molar-refractivity contribution >= 4 is 0 Å². The van der Waals surface area contributed by atoms with E-state index in [1.165, 1.54) is 18.4 Å². The van der Waals surface area contributed by atoms with Crippen molar-refractivity contribution in [1.82, 2.24) is 4.90 Å². The van der Waals surface area contributed by atoms with Crippen molar-refractivity contribution in [1.29, 1.82) is 0 Å². The number of benzene rings is 1. The van der Waals surface area contributed by atoms with Gasteiger partial charge in [-0.3, -0.25) is 4.90 Å². The van der Waals surface area contributed by atoms with Crippen molar-refractivity contribution in [2.24, 2.45) is 0 Å². The minimum Gasteiger partial charge on any atom is -0.387 e. The van der Waals surface area contributed by atoms with Crippen LogP contribution in [-0.4, -0.2) is 29.1 Å². The van der Waals surface area contributed by atoms with E-state index in [4.69, 9.17) is 0 Å². The summed E-state index contributed by atoms with van der Waals surface area (Å²) < 4.78 is 0. The number of nitrogens with zero attached hydrogens (tertiary/aromatic N) is 1. The largest absolute Gasteiger partial charge is 0.387 e. The number of hydrogen-bond donors (Lipinski definition) is 1. The molecule has 0 radical (unpaired) electrons. The van der Waals surface area contributed by atoms with Crippen LogP contribution in [0.5, 0.6) is 0 Å². The predicted molar refractivity (Wildman–Crippen MR) is 91.7 cm³/mol. The molecule has 0 saturated heterocycles. The molecule has 0 aliphatic carbocycles. The SMILES string of the molecule is CCCC[C@H]([C@@H](O)c1ccc(C(C)C)cc1)N(CC)CC. The summed E-state index contributed by atoms with van der Waals surface area (Å²) in [5.74, 6) is 0.537. The van der Waals surface area contributed by atoms with Crippen LogP contribution in [0.2, 0.25) is 0 Å². The van der Waals surface area contributed by atoms with Crippen LogP contribution in [0.1, 0.15) is 77.0 Å². The van der Waals surface area contributed by atoms with Gasteiger partial charge in [-0.05, 0) is 36.6 Å². The Labute approximate surface area is 131 Å². The zero-order valence-electron chi connectivity index (χ0n) is 14.5. The third-order valence-corrected chi connectivity index (χ3v) is 4.44. The van der Waals surface area contributed by atoms with Gasteiger partial charge in [0, 0.05) is 6.04 Å². The number of aliphatic hydroxyl groups is 1. The van der Waals surface area contributed by atoms with Crippen LogP contribution in [0, 0.1) is 0 Å². The van der Waals surface area contributed by atoms with Crippen molar-refractivity contribution in [2.75, 3.05) is 13.1 Å². The summed E-state index contributed by atoms with van der Waals surface area (Å²) in [4.78, 5) is 2.39. The molecule has 0 aliphatic heterocycles. The van der Waals surface area contributed by atoms with Crippen molar-refractivity contribution in [3.05, 3.63) is 35.4 Å². The van der Waals surface area contributed by atoms with E-state index in [-0.39, 0.29) is 6.04 Å². The molecule has 2 nitrogen and oxygen atoms in total. The Morgan fingerprint density at radius 1 is 0.952 bits per heavy atom. The van der Waals surface area contributed by atoms with Gasteiger partial charge in [0.25, 0.3) is 0 Å². The van der Waals surface area contributed by atoms with Crippen LogP contribution in [0.4, 0.5) is 0 Å². The molecule has 0 heterocycles. The maximum atomic E-state index is 10.8. The fourth-order valence-corrected chi connectivity index (χ4v) is 2.95. The molecule has 0 aromatic heterocycles. The Hall–Kier alpha value is -0.860. The molecule has 0 spiro atoms. The van der Waals surface area contributed by atoms with E-state index in [2.05, 4.69) is 63.8 Å². The number of hydrogen-bond acceptors (Lipinski definition) is 2. The first-order valence-electron chi connectivity index (χ1n) is 8.57. The molecule has 1 aromatic carbocycles. The van der Waals surface area contributed by atoms with E-state index in [1.807, 2.05) is 0 Å². The second-order valence-corrected chi connectivity index (χ2v) is 6.20. The lowest BCUT2D eigenvalue weighted by Crippen LogP contribution is -2.39. The molecule has 1 aromatic rings. The summed E-state index contributed by atoms with van der Waals surface area (Å²) in [5, 5.41) is 10.8. The van der Waals surface area contributed by atoms with E-state index in [1.54, 1.807) is 0 Å². The fourth-order valence-electron chi connectivity index (χ4n) is 2.95. The van der Waals surface area contributed by atoms with Crippen LogP contribution in [0.25, 0.3) is 0 Å². The molecule has 1 rings (SSSR count). The van der Waals surface area contributed by atoms with E-state index in [0.29, 0.717) is 5.92 Å². The van der Waals surface area contributed by atoms with Crippen LogP contribution in [-0.2, 0) is 0 Å². The summed E-state index contributed by atoms with van der Waals surface area (Å²) in [7, 11) is 0. The van der Waals surface area contributed by atoms with E-state index >= 15 is 0 Å². The quantitative estimate of drug-likeness (QED) is 0.710. The molecule has 0 unspecified atom stereocenters. The Morgan fingerprint density at radius 3 is 1.90 bits per heavy atom. The molecule has 0 amide bonds. The highest BCUT2D eigenvalue weighted by molar-refractivity contribution is 5.26. The van der Waals surface area contributed by atoms with Gasteiger partial charge in [-0.2, -0.15) is 0 Å². The standard InChI is InChI=1S/C19H33NO/c1-6-9-10-18(20(7-2)8-3)19(21)17-13-11-16(12-14-17)15(4)5/h11-15,18-19,21H,6-10H2,1-5H3/t18-,19+/m1/s1. The molecular formula is C19H33NO.